The molecule has 2 N–H and O–H groups in total. The highest BCUT2D eigenvalue weighted by atomic mass is 19.1. The maximum atomic E-state index is 13.4. The van der Waals surface area contributed by atoms with Crippen LogP contribution in [0.5, 0.6) is 0 Å². The second kappa shape index (κ2) is 11.5. The van der Waals surface area contributed by atoms with E-state index < -0.39 is 0 Å². The lowest BCUT2D eigenvalue weighted by atomic mass is 9.93. The van der Waals surface area contributed by atoms with E-state index in [1.807, 2.05) is 12.1 Å². The van der Waals surface area contributed by atoms with Crippen LogP contribution in [0.15, 0.2) is 29.3 Å². The summed E-state index contributed by atoms with van der Waals surface area (Å²) < 4.78 is 18.9. The van der Waals surface area contributed by atoms with Crippen LogP contribution in [-0.4, -0.2) is 82.3 Å². The Kier molecular flexibility index (Phi) is 9.33. The number of nitrogens with zero attached hydrogens (tertiary/aromatic N) is 3. The van der Waals surface area contributed by atoms with Gasteiger partial charge in [0.1, 0.15) is 5.82 Å². The number of halogens is 1. The van der Waals surface area contributed by atoms with Gasteiger partial charge in [0.15, 0.2) is 5.96 Å². The standard InChI is InChI=1S/C22H38FN5O/c1-6-24-21(26-16-22(2,3)17-27(4)5)25-15-20(28-11-13-29-14-12-28)18-7-9-19(23)10-8-18/h7-10,20H,6,11-17H2,1-5H3,(H2,24,25,26). The van der Waals surface area contributed by atoms with Crippen molar-refractivity contribution in [1.82, 2.24) is 20.4 Å². The Bertz CT molecular complexity index is 627. The van der Waals surface area contributed by atoms with Crippen LogP contribution in [0.2, 0.25) is 0 Å². The molecule has 1 unspecified atom stereocenters. The Morgan fingerprint density at radius 2 is 1.86 bits per heavy atom. The van der Waals surface area contributed by atoms with Crippen LogP contribution in [0.3, 0.4) is 0 Å². The first-order chi connectivity index (χ1) is 13.8. The lowest BCUT2D eigenvalue weighted by molar-refractivity contribution is 0.0170. The first-order valence-electron chi connectivity index (χ1n) is 10.5. The third-order valence-electron chi connectivity index (χ3n) is 4.96. The molecule has 1 aliphatic heterocycles. The molecule has 1 atom stereocenters. The van der Waals surface area contributed by atoms with Crippen molar-refractivity contribution in [3.63, 3.8) is 0 Å². The number of hydrogen-bond acceptors (Lipinski definition) is 4. The normalized spacial score (nSPS) is 17.4. The second-order valence-electron chi connectivity index (χ2n) is 8.69. The van der Waals surface area contributed by atoms with E-state index in [1.165, 1.54) is 12.1 Å². The average molecular weight is 408 g/mol. The molecule has 1 aliphatic rings. The molecule has 0 saturated carbocycles. The van der Waals surface area contributed by atoms with Gasteiger partial charge in [0.25, 0.3) is 0 Å². The Morgan fingerprint density at radius 3 is 2.45 bits per heavy atom. The first-order valence-corrected chi connectivity index (χ1v) is 10.5. The molecule has 29 heavy (non-hydrogen) atoms. The minimum Gasteiger partial charge on any atom is -0.379 e. The SMILES string of the molecule is CCNC(=NCC(C)(C)CN(C)C)NCC(c1ccc(F)cc1)N1CCOCC1. The van der Waals surface area contributed by atoms with Gasteiger partial charge in [-0.1, -0.05) is 26.0 Å². The molecule has 0 aromatic heterocycles. The van der Waals surface area contributed by atoms with Crippen molar-refractivity contribution < 1.29 is 9.13 Å². The molecule has 1 saturated heterocycles. The molecule has 1 aromatic carbocycles. The van der Waals surface area contributed by atoms with Crippen molar-refractivity contribution >= 4 is 5.96 Å². The lowest BCUT2D eigenvalue weighted by Crippen LogP contribution is -2.46. The third-order valence-corrected chi connectivity index (χ3v) is 4.96. The van der Waals surface area contributed by atoms with Crippen molar-refractivity contribution in [2.45, 2.75) is 26.8 Å². The highest BCUT2D eigenvalue weighted by molar-refractivity contribution is 5.79. The van der Waals surface area contributed by atoms with E-state index in [1.54, 1.807) is 0 Å². The number of nitrogens with one attached hydrogen (secondary N) is 2. The Balaban J connectivity index is 2.08. The zero-order valence-electron chi connectivity index (χ0n) is 18.7. The minimum atomic E-state index is -0.208. The van der Waals surface area contributed by atoms with Crippen LogP contribution in [0.4, 0.5) is 4.39 Å². The summed E-state index contributed by atoms with van der Waals surface area (Å²) in [6.07, 6.45) is 0. The quantitative estimate of drug-likeness (QED) is 0.486. The molecule has 6 nitrogen and oxygen atoms in total. The molecule has 1 fully saturated rings. The first kappa shape index (κ1) is 23.6. The molecule has 0 amide bonds. The summed E-state index contributed by atoms with van der Waals surface area (Å²) in [6.45, 7) is 12.9. The molecule has 164 valence electrons. The smallest absolute Gasteiger partial charge is 0.191 e. The molecule has 7 heteroatoms. The third kappa shape index (κ3) is 8.28. The fourth-order valence-corrected chi connectivity index (χ4v) is 3.77. The highest BCUT2D eigenvalue weighted by Gasteiger charge is 2.23. The maximum Gasteiger partial charge on any atom is 0.191 e. The molecule has 1 heterocycles. The van der Waals surface area contributed by atoms with Crippen LogP contribution in [0.1, 0.15) is 32.4 Å². The van der Waals surface area contributed by atoms with Gasteiger partial charge < -0.3 is 20.3 Å². The van der Waals surface area contributed by atoms with Crippen LogP contribution in [0, 0.1) is 11.2 Å². The minimum absolute atomic E-state index is 0.0897. The summed E-state index contributed by atoms with van der Waals surface area (Å²) in [4.78, 5) is 9.41. The summed E-state index contributed by atoms with van der Waals surface area (Å²) in [6, 6.07) is 6.96. The van der Waals surface area contributed by atoms with Crippen molar-refractivity contribution in [3.05, 3.63) is 35.6 Å². The van der Waals surface area contributed by atoms with Crippen LogP contribution in [0.25, 0.3) is 0 Å². The van der Waals surface area contributed by atoms with Gasteiger partial charge in [-0.25, -0.2) is 4.39 Å². The summed E-state index contributed by atoms with van der Waals surface area (Å²) in [5, 5.41) is 6.86. The maximum absolute atomic E-state index is 13.4. The van der Waals surface area contributed by atoms with Gasteiger partial charge in [-0.05, 0) is 44.1 Å². The summed E-state index contributed by atoms with van der Waals surface area (Å²) in [7, 11) is 4.18. The van der Waals surface area contributed by atoms with Crippen molar-refractivity contribution in [2.24, 2.45) is 10.4 Å². The zero-order valence-corrected chi connectivity index (χ0v) is 18.7. The summed E-state index contributed by atoms with van der Waals surface area (Å²) in [5.74, 6) is 0.611. The van der Waals surface area contributed by atoms with Crippen molar-refractivity contribution in [2.75, 3.05) is 66.6 Å². The number of ether oxygens (including phenoxy) is 1. The number of hydrogen-bond donors (Lipinski definition) is 2. The van der Waals surface area contributed by atoms with Crippen molar-refractivity contribution in [3.8, 4) is 0 Å². The van der Waals surface area contributed by atoms with E-state index in [4.69, 9.17) is 9.73 Å². The highest BCUT2D eigenvalue weighted by Crippen LogP contribution is 2.22. The molecule has 0 bridgehead atoms. The van der Waals surface area contributed by atoms with Crippen LogP contribution < -0.4 is 10.6 Å². The molecule has 0 radical (unpaired) electrons. The van der Waals surface area contributed by atoms with E-state index in [0.29, 0.717) is 6.54 Å². The number of rotatable bonds is 9. The van der Waals surface area contributed by atoms with E-state index >= 15 is 0 Å². The van der Waals surface area contributed by atoms with Gasteiger partial charge in [0, 0.05) is 39.3 Å². The Labute approximate surface area is 175 Å². The van der Waals surface area contributed by atoms with Gasteiger partial charge in [-0.2, -0.15) is 0 Å². The number of benzene rings is 1. The molecule has 0 aliphatic carbocycles. The van der Waals surface area contributed by atoms with Gasteiger partial charge >= 0.3 is 0 Å². The lowest BCUT2D eigenvalue weighted by Gasteiger charge is -2.35. The van der Waals surface area contributed by atoms with E-state index in [9.17, 15) is 4.39 Å². The Hall–Kier alpha value is -1.70. The Morgan fingerprint density at radius 1 is 1.21 bits per heavy atom. The molecular formula is C22H38FN5O. The second-order valence-corrected chi connectivity index (χ2v) is 8.69. The molecular weight excluding hydrogens is 369 g/mol. The number of aliphatic imine (C=N–C) groups is 1. The predicted molar refractivity (Wildman–Crippen MR) is 118 cm³/mol. The van der Waals surface area contributed by atoms with Crippen LogP contribution >= 0.6 is 0 Å². The molecule has 0 spiro atoms. The summed E-state index contributed by atoms with van der Waals surface area (Å²) >= 11 is 0. The predicted octanol–water partition coefficient (Wildman–Crippen LogP) is 2.34. The van der Waals surface area contributed by atoms with E-state index in [2.05, 4.69) is 55.3 Å². The van der Waals surface area contributed by atoms with Gasteiger partial charge in [0.2, 0.25) is 0 Å². The van der Waals surface area contributed by atoms with E-state index in [0.717, 1.165) is 57.5 Å². The zero-order chi connectivity index (χ0) is 21.3. The fraction of sp³-hybridized carbons (Fsp3) is 0.682. The molecule has 2 rings (SSSR count). The van der Waals surface area contributed by atoms with Gasteiger partial charge in [0.05, 0.1) is 19.3 Å². The van der Waals surface area contributed by atoms with Gasteiger partial charge in [-0.3, -0.25) is 9.89 Å². The number of guanidine groups is 1. The fourth-order valence-electron chi connectivity index (χ4n) is 3.77. The van der Waals surface area contributed by atoms with Crippen LogP contribution in [-0.2, 0) is 4.74 Å². The van der Waals surface area contributed by atoms with E-state index in [-0.39, 0.29) is 17.3 Å². The molecule has 1 aromatic rings. The largest absolute Gasteiger partial charge is 0.379 e. The summed E-state index contributed by atoms with van der Waals surface area (Å²) in [5.41, 5.74) is 1.19. The van der Waals surface area contributed by atoms with Gasteiger partial charge in [-0.15, -0.1) is 0 Å². The monoisotopic (exact) mass is 407 g/mol. The van der Waals surface area contributed by atoms with Crippen molar-refractivity contribution in [1.29, 1.82) is 0 Å². The number of morpholine rings is 1. The topological polar surface area (TPSA) is 52.1 Å². The average Bonchev–Trinajstić information content (AvgIpc) is 2.67.